The summed E-state index contributed by atoms with van der Waals surface area (Å²) in [5.74, 6) is 0. The molecule has 16 nitrogen and oxygen atoms in total. The van der Waals surface area contributed by atoms with Crippen LogP contribution in [-0.4, -0.2) is 172 Å². The molecule has 0 radical (unpaired) electrons. The lowest BCUT2D eigenvalue weighted by molar-refractivity contribution is -0.341. The van der Waals surface area contributed by atoms with Crippen LogP contribution in [0, 0.1) is 0 Å². The van der Waals surface area contributed by atoms with E-state index in [2.05, 4.69) is 0 Å². The lowest BCUT2D eigenvalue weighted by atomic mass is 9.98. The number of methoxy groups -OCH3 is 2. The van der Waals surface area contributed by atoms with Crippen LogP contribution < -0.4 is 0 Å². The maximum absolute atomic E-state index is 10.6. The Hall–Kier alpha value is -0.640. The van der Waals surface area contributed by atoms with E-state index in [0.29, 0.717) is 0 Å². The Labute approximate surface area is 206 Å². The first-order valence-corrected chi connectivity index (χ1v) is 11.4. The van der Waals surface area contributed by atoms with Crippen molar-refractivity contribution >= 4 is 0 Å². The zero-order valence-electron chi connectivity index (χ0n) is 19.7. The highest BCUT2D eigenvalue weighted by atomic mass is 16.7. The van der Waals surface area contributed by atoms with Gasteiger partial charge in [0, 0.05) is 14.2 Å². The minimum absolute atomic E-state index is 0.100. The van der Waals surface area contributed by atoms with E-state index < -0.39 is 105 Å². The van der Waals surface area contributed by atoms with Gasteiger partial charge in [0.25, 0.3) is 0 Å². The smallest absolute Gasteiger partial charge is 0.186 e. The predicted octanol–water partition coefficient (Wildman–Crippen LogP) is -6.26. The van der Waals surface area contributed by atoms with Gasteiger partial charge in [-0.15, -0.1) is 0 Å². The SMILES string of the molecule is COCC1OC(OCC2OC(OCC3OC(O)C(O)C(O)C3O)C(O)C(OC)C2O)C(O)C(O)C1O. The normalized spacial score (nSPS) is 50.2. The summed E-state index contributed by atoms with van der Waals surface area (Å²) >= 11 is 0. The monoisotopic (exact) mass is 532 g/mol. The van der Waals surface area contributed by atoms with Crippen molar-refractivity contribution in [3.05, 3.63) is 0 Å². The molecule has 0 aliphatic carbocycles. The van der Waals surface area contributed by atoms with Gasteiger partial charge in [-0.25, -0.2) is 0 Å². The summed E-state index contributed by atoms with van der Waals surface area (Å²) in [7, 11) is 2.58. The number of hydrogen-bond donors (Lipinski definition) is 9. The number of rotatable bonds is 9. The average molecular weight is 532 g/mol. The Morgan fingerprint density at radius 3 is 1.50 bits per heavy atom. The molecule has 3 aliphatic rings. The maximum Gasteiger partial charge on any atom is 0.186 e. The van der Waals surface area contributed by atoms with Crippen LogP contribution in [0.5, 0.6) is 0 Å². The fourth-order valence-electron chi connectivity index (χ4n) is 4.26. The van der Waals surface area contributed by atoms with Crippen LogP contribution in [0.3, 0.4) is 0 Å². The molecule has 15 atom stereocenters. The molecule has 0 spiro atoms. The first-order valence-electron chi connectivity index (χ1n) is 11.4. The van der Waals surface area contributed by atoms with Crippen molar-refractivity contribution in [1.82, 2.24) is 0 Å². The van der Waals surface area contributed by atoms with E-state index in [1.807, 2.05) is 0 Å². The Balaban J connectivity index is 1.62. The Kier molecular flexibility index (Phi) is 10.8. The van der Waals surface area contributed by atoms with Crippen LogP contribution in [0.2, 0.25) is 0 Å². The quantitative estimate of drug-likeness (QED) is 0.134. The molecule has 36 heavy (non-hydrogen) atoms. The predicted molar refractivity (Wildman–Crippen MR) is 111 cm³/mol. The molecule has 0 aromatic rings. The largest absolute Gasteiger partial charge is 0.387 e. The minimum Gasteiger partial charge on any atom is -0.387 e. The topological polar surface area (TPSA) is 247 Å². The van der Waals surface area contributed by atoms with Gasteiger partial charge in [-0.05, 0) is 0 Å². The van der Waals surface area contributed by atoms with E-state index >= 15 is 0 Å². The number of aliphatic hydroxyl groups is 9. The van der Waals surface area contributed by atoms with Crippen molar-refractivity contribution in [3.63, 3.8) is 0 Å². The van der Waals surface area contributed by atoms with Crippen molar-refractivity contribution in [3.8, 4) is 0 Å². The van der Waals surface area contributed by atoms with Crippen LogP contribution in [0.25, 0.3) is 0 Å². The van der Waals surface area contributed by atoms with Crippen molar-refractivity contribution in [2.45, 2.75) is 92.1 Å². The molecule has 0 aromatic carbocycles. The second-order valence-electron chi connectivity index (χ2n) is 8.90. The van der Waals surface area contributed by atoms with Gasteiger partial charge in [0.05, 0.1) is 19.8 Å². The highest BCUT2D eigenvalue weighted by Gasteiger charge is 2.49. The third-order valence-corrected chi connectivity index (χ3v) is 6.45. The highest BCUT2D eigenvalue weighted by molar-refractivity contribution is 4.93. The second-order valence-corrected chi connectivity index (χ2v) is 8.90. The lowest BCUT2D eigenvalue weighted by Gasteiger charge is -2.44. The third-order valence-electron chi connectivity index (χ3n) is 6.45. The van der Waals surface area contributed by atoms with Crippen LogP contribution >= 0.6 is 0 Å². The van der Waals surface area contributed by atoms with Crippen LogP contribution in [0.4, 0.5) is 0 Å². The fourth-order valence-corrected chi connectivity index (χ4v) is 4.26. The van der Waals surface area contributed by atoms with E-state index in [4.69, 9.17) is 33.2 Å². The van der Waals surface area contributed by atoms with Gasteiger partial charge in [-0.1, -0.05) is 0 Å². The van der Waals surface area contributed by atoms with E-state index in [9.17, 15) is 46.0 Å². The second kappa shape index (κ2) is 12.9. The molecule has 0 amide bonds. The summed E-state index contributed by atoms with van der Waals surface area (Å²) in [5, 5.41) is 90.5. The summed E-state index contributed by atoms with van der Waals surface area (Å²) in [6.07, 6.45) is -22.1. The Morgan fingerprint density at radius 2 is 0.972 bits per heavy atom. The highest BCUT2D eigenvalue weighted by Crippen LogP contribution is 2.28. The molecule has 9 N–H and O–H groups in total. The van der Waals surface area contributed by atoms with Gasteiger partial charge < -0.3 is 79.1 Å². The fraction of sp³-hybridized carbons (Fsp3) is 1.00. The maximum atomic E-state index is 10.6. The third kappa shape index (κ3) is 6.32. The molecule has 16 heteroatoms. The summed E-state index contributed by atoms with van der Waals surface area (Å²) in [4.78, 5) is 0. The molecule has 3 aliphatic heterocycles. The zero-order valence-corrected chi connectivity index (χ0v) is 19.7. The first kappa shape index (κ1) is 29.9. The molecule has 0 bridgehead atoms. The summed E-state index contributed by atoms with van der Waals surface area (Å²) in [6, 6.07) is 0. The van der Waals surface area contributed by atoms with E-state index in [-0.39, 0.29) is 6.61 Å². The number of ether oxygens (including phenoxy) is 7. The van der Waals surface area contributed by atoms with Crippen LogP contribution in [0.15, 0.2) is 0 Å². The van der Waals surface area contributed by atoms with Crippen LogP contribution in [-0.2, 0) is 33.2 Å². The van der Waals surface area contributed by atoms with Gasteiger partial charge in [0.1, 0.15) is 73.2 Å². The summed E-state index contributed by atoms with van der Waals surface area (Å²) < 4.78 is 37.1. The van der Waals surface area contributed by atoms with Crippen LogP contribution in [0.1, 0.15) is 0 Å². The number of aliphatic hydroxyl groups excluding tert-OH is 9. The van der Waals surface area contributed by atoms with Gasteiger partial charge in [0.15, 0.2) is 18.9 Å². The molecule has 3 fully saturated rings. The summed E-state index contributed by atoms with van der Waals surface area (Å²) in [5.41, 5.74) is 0. The summed E-state index contributed by atoms with van der Waals surface area (Å²) in [6.45, 7) is -1.04. The number of hydrogen-bond acceptors (Lipinski definition) is 16. The van der Waals surface area contributed by atoms with Crippen molar-refractivity contribution in [2.24, 2.45) is 0 Å². The van der Waals surface area contributed by atoms with Crippen molar-refractivity contribution in [2.75, 3.05) is 34.0 Å². The lowest BCUT2D eigenvalue weighted by Crippen LogP contribution is -2.63. The van der Waals surface area contributed by atoms with Crippen molar-refractivity contribution in [1.29, 1.82) is 0 Å². The van der Waals surface area contributed by atoms with E-state index in [1.54, 1.807) is 0 Å². The van der Waals surface area contributed by atoms with Crippen molar-refractivity contribution < 1.29 is 79.1 Å². The molecular formula is C20H36O16. The first-order chi connectivity index (χ1) is 17.0. The van der Waals surface area contributed by atoms with Gasteiger partial charge in [0.2, 0.25) is 0 Å². The average Bonchev–Trinajstić information content (AvgIpc) is 2.85. The van der Waals surface area contributed by atoms with E-state index in [0.717, 1.165) is 0 Å². The molecule has 212 valence electrons. The van der Waals surface area contributed by atoms with Gasteiger partial charge in [-0.3, -0.25) is 0 Å². The molecule has 0 saturated carbocycles. The molecule has 15 unspecified atom stereocenters. The molecule has 3 heterocycles. The Morgan fingerprint density at radius 1 is 0.500 bits per heavy atom. The molecule has 0 aromatic heterocycles. The Bertz CT molecular complexity index is 672. The molecule has 3 rings (SSSR count). The molecule has 3 saturated heterocycles. The molecular weight excluding hydrogens is 496 g/mol. The zero-order chi connectivity index (χ0) is 26.7. The van der Waals surface area contributed by atoms with Gasteiger partial charge >= 0.3 is 0 Å². The standard InChI is InChI=1S/C20H36O16/c1-30-3-6-9(21)13(25)15(27)19(35-6)32-5-8-11(23)17(31-2)16(28)20(36-8)33-4-7-10(22)12(24)14(26)18(29)34-7/h6-29H,3-5H2,1-2H3. The van der Waals surface area contributed by atoms with Gasteiger partial charge in [-0.2, -0.15) is 0 Å². The minimum atomic E-state index is -1.79. The van der Waals surface area contributed by atoms with E-state index in [1.165, 1.54) is 14.2 Å².